The molecule has 1 atom stereocenters. The van der Waals surface area contributed by atoms with Crippen molar-refractivity contribution in [2.24, 2.45) is 0 Å². The summed E-state index contributed by atoms with van der Waals surface area (Å²) >= 11 is 0. The molecule has 1 saturated carbocycles. The molecule has 0 amide bonds. The zero-order valence-corrected chi connectivity index (χ0v) is 22.0. The first-order chi connectivity index (χ1) is 16.6. The van der Waals surface area contributed by atoms with Crippen LogP contribution in [-0.4, -0.2) is 78.3 Å². The highest BCUT2D eigenvalue weighted by molar-refractivity contribution is 5.48. The van der Waals surface area contributed by atoms with Gasteiger partial charge in [0.2, 0.25) is 17.8 Å². The third-order valence-corrected chi connectivity index (χ3v) is 7.37. The van der Waals surface area contributed by atoms with Crippen LogP contribution in [0.2, 0.25) is 0 Å². The number of likely N-dealkylation sites (N-methyl/N-ethyl adjacent to an activating group) is 1. The molecule has 2 heterocycles. The van der Waals surface area contributed by atoms with E-state index in [1.165, 1.54) is 44.9 Å². The minimum Gasteiger partial charge on any atom is -0.338 e. The van der Waals surface area contributed by atoms with E-state index in [1.54, 1.807) is 0 Å². The van der Waals surface area contributed by atoms with E-state index in [9.17, 15) is 0 Å². The Hall–Kier alpha value is -2.15. The number of aromatic nitrogens is 3. The SMILES string of the molecule is C=CCN(c1nc(N2CCN(C)CC2)nc(N(CC=C)C2CCCCC2)n1)C(CC)CCCC. The Kier molecular flexibility index (Phi) is 10.6. The topological polar surface area (TPSA) is 51.6 Å². The van der Waals surface area contributed by atoms with Crippen molar-refractivity contribution in [3.05, 3.63) is 25.3 Å². The van der Waals surface area contributed by atoms with Gasteiger partial charge in [0, 0.05) is 51.4 Å². The molecule has 0 bridgehead atoms. The first-order valence-electron chi connectivity index (χ1n) is 13.6. The molecule has 190 valence electrons. The van der Waals surface area contributed by atoms with Gasteiger partial charge in [0.15, 0.2) is 0 Å². The summed E-state index contributed by atoms with van der Waals surface area (Å²) in [6.07, 6.45) is 14.9. The number of nitrogens with zero attached hydrogens (tertiary/aromatic N) is 7. The normalized spacial score (nSPS) is 18.5. The Bertz CT molecular complexity index is 753. The third-order valence-electron chi connectivity index (χ3n) is 7.37. The molecule has 7 heteroatoms. The van der Waals surface area contributed by atoms with E-state index in [0.29, 0.717) is 12.1 Å². The lowest BCUT2D eigenvalue weighted by Crippen LogP contribution is -2.46. The maximum absolute atomic E-state index is 5.13. The molecule has 1 aliphatic heterocycles. The molecule has 0 radical (unpaired) electrons. The summed E-state index contributed by atoms with van der Waals surface area (Å²) in [5, 5.41) is 0. The predicted octanol–water partition coefficient (Wildman–Crippen LogP) is 4.91. The fourth-order valence-electron chi connectivity index (χ4n) is 5.23. The van der Waals surface area contributed by atoms with E-state index >= 15 is 0 Å². The van der Waals surface area contributed by atoms with Crippen LogP contribution in [0.15, 0.2) is 25.3 Å². The lowest BCUT2D eigenvalue weighted by Gasteiger charge is -2.37. The molecule has 0 spiro atoms. The molecule has 34 heavy (non-hydrogen) atoms. The minimum atomic E-state index is 0.399. The Labute approximate surface area is 207 Å². The average molecular weight is 470 g/mol. The van der Waals surface area contributed by atoms with Crippen LogP contribution in [0.3, 0.4) is 0 Å². The quantitative estimate of drug-likeness (QED) is 0.380. The molecule has 2 aliphatic rings. The van der Waals surface area contributed by atoms with Gasteiger partial charge in [-0.2, -0.15) is 15.0 Å². The Balaban J connectivity index is 2.02. The van der Waals surface area contributed by atoms with Crippen LogP contribution in [0.1, 0.15) is 71.6 Å². The second-order valence-corrected chi connectivity index (χ2v) is 9.90. The molecular formula is C27H47N7. The number of anilines is 3. The molecular weight excluding hydrogens is 422 g/mol. The molecule has 0 N–H and O–H groups in total. The van der Waals surface area contributed by atoms with E-state index in [-0.39, 0.29) is 0 Å². The fourth-order valence-corrected chi connectivity index (χ4v) is 5.23. The lowest BCUT2D eigenvalue weighted by atomic mass is 9.94. The smallest absolute Gasteiger partial charge is 0.232 e. The van der Waals surface area contributed by atoms with Crippen molar-refractivity contribution in [1.29, 1.82) is 0 Å². The summed E-state index contributed by atoms with van der Waals surface area (Å²) in [5.41, 5.74) is 0. The highest BCUT2D eigenvalue weighted by Gasteiger charge is 2.28. The molecule has 1 aromatic heterocycles. The van der Waals surface area contributed by atoms with E-state index in [2.05, 4.69) is 53.7 Å². The number of unbranched alkanes of at least 4 members (excludes halogenated alkanes) is 1. The van der Waals surface area contributed by atoms with Crippen LogP contribution >= 0.6 is 0 Å². The van der Waals surface area contributed by atoms with Crippen LogP contribution in [0.4, 0.5) is 17.8 Å². The molecule has 1 unspecified atom stereocenters. The summed E-state index contributed by atoms with van der Waals surface area (Å²) in [7, 11) is 2.18. The minimum absolute atomic E-state index is 0.399. The largest absolute Gasteiger partial charge is 0.338 e. The van der Waals surface area contributed by atoms with E-state index in [1.807, 2.05) is 12.2 Å². The third kappa shape index (κ3) is 6.94. The Morgan fingerprint density at radius 3 is 2.24 bits per heavy atom. The van der Waals surface area contributed by atoms with Gasteiger partial charge in [0.1, 0.15) is 0 Å². The molecule has 0 aromatic carbocycles. The van der Waals surface area contributed by atoms with Crippen LogP contribution in [0.25, 0.3) is 0 Å². The van der Waals surface area contributed by atoms with Crippen molar-refractivity contribution in [1.82, 2.24) is 19.9 Å². The summed E-state index contributed by atoms with van der Waals surface area (Å²) < 4.78 is 0. The van der Waals surface area contributed by atoms with Crippen molar-refractivity contribution in [3.63, 3.8) is 0 Å². The maximum atomic E-state index is 5.13. The average Bonchev–Trinajstić information content (AvgIpc) is 2.87. The second kappa shape index (κ2) is 13.7. The van der Waals surface area contributed by atoms with Crippen molar-refractivity contribution in [3.8, 4) is 0 Å². The summed E-state index contributed by atoms with van der Waals surface area (Å²) in [6, 6.07) is 0.869. The summed E-state index contributed by atoms with van der Waals surface area (Å²) in [6.45, 7) is 18.1. The first-order valence-corrected chi connectivity index (χ1v) is 13.6. The summed E-state index contributed by atoms with van der Waals surface area (Å²) in [5.74, 6) is 2.43. The van der Waals surface area contributed by atoms with Crippen molar-refractivity contribution >= 4 is 17.8 Å². The van der Waals surface area contributed by atoms with Crippen LogP contribution in [0.5, 0.6) is 0 Å². The Morgan fingerprint density at radius 2 is 1.62 bits per heavy atom. The van der Waals surface area contributed by atoms with E-state index in [0.717, 1.165) is 70.0 Å². The van der Waals surface area contributed by atoms with Crippen molar-refractivity contribution < 1.29 is 0 Å². The van der Waals surface area contributed by atoms with Crippen LogP contribution in [-0.2, 0) is 0 Å². The monoisotopic (exact) mass is 469 g/mol. The first kappa shape index (κ1) is 26.5. The van der Waals surface area contributed by atoms with Gasteiger partial charge in [-0.05, 0) is 32.7 Å². The van der Waals surface area contributed by atoms with E-state index < -0.39 is 0 Å². The second-order valence-electron chi connectivity index (χ2n) is 9.90. The number of piperazine rings is 1. The molecule has 7 nitrogen and oxygen atoms in total. The molecule has 1 saturated heterocycles. The van der Waals surface area contributed by atoms with Gasteiger partial charge in [-0.3, -0.25) is 0 Å². The number of rotatable bonds is 13. The van der Waals surface area contributed by atoms with Gasteiger partial charge >= 0.3 is 0 Å². The molecule has 1 aliphatic carbocycles. The standard InChI is InChI=1S/C27H47N7/c1-6-10-14-23(9-4)33(17-7-2)26-28-25(32-21-19-31(5)20-22-32)29-27(30-26)34(18-8-3)24-15-12-11-13-16-24/h7-8,23-24H,2-3,6,9-22H2,1,4-5H3. The van der Waals surface area contributed by atoms with Gasteiger partial charge in [0.05, 0.1) is 0 Å². The lowest BCUT2D eigenvalue weighted by molar-refractivity contribution is 0.311. The van der Waals surface area contributed by atoms with Crippen LogP contribution in [0, 0.1) is 0 Å². The zero-order chi connectivity index (χ0) is 24.3. The molecule has 2 fully saturated rings. The van der Waals surface area contributed by atoms with E-state index in [4.69, 9.17) is 15.0 Å². The van der Waals surface area contributed by atoms with Crippen LogP contribution < -0.4 is 14.7 Å². The number of hydrogen-bond acceptors (Lipinski definition) is 7. The van der Waals surface area contributed by atoms with Crippen molar-refractivity contribution in [2.45, 2.75) is 83.7 Å². The number of hydrogen-bond donors (Lipinski definition) is 0. The van der Waals surface area contributed by atoms with Gasteiger partial charge in [0.25, 0.3) is 0 Å². The van der Waals surface area contributed by atoms with Crippen molar-refractivity contribution in [2.75, 3.05) is 61.0 Å². The highest BCUT2D eigenvalue weighted by Crippen LogP contribution is 2.29. The maximum Gasteiger partial charge on any atom is 0.232 e. The molecule has 3 rings (SSSR count). The fraction of sp³-hybridized carbons (Fsp3) is 0.741. The Morgan fingerprint density at radius 1 is 0.941 bits per heavy atom. The highest BCUT2D eigenvalue weighted by atomic mass is 15.4. The molecule has 1 aromatic rings. The predicted molar refractivity (Wildman–Crippen MR) is 145 cm³/mol. The van der Waals surface area contributed by atoms with Gasteiger partial charge < -0.3 is 19.6 Å². The van der Waals surface area contributed by atoms with Gasteiger partial charge in [-0.15, -0.1) is 13.2 Å². The zero-order valence-electron chi connectivity index (χ0n) is 22.0. The van der Waals surface area contributed by atoms with Gasteiger partial charge in [-0.25, -0.2) is 0 Å². The van der Waals surface area contributed by atoms with Gasteiger partial charge in [-0.1, -0.05) is 58.1 Å². The summed E-state index contributed by atoms with van der Waals surface area (Å²) in [4.78, 5) is 24.7.